The molecule has 1 unspecified atom stereocenters. The molecule has 100 valence electrons. The number of pyridine rings is 1. The van der Waals surface area contributed by atoms with Crippen LogP contribution in [0.25, 0.3) is 0 Å². The molecule has 19 heavy (non-hydrogen) atoms. The zero-order valence-corrected chi connectivity index (χ0v) is 12.2. The van der Waals surface area contributed by atoms with Crippen LogP contribution in [0.15, 0.2) is 30.6 Å². The lowest BCUT2D eigenvalue weighted by molar-refractivity contribution is 0.600. The van der Waals surface area contributed by atoms with Crippen LogP contribution in [0.3, 0.4) is 0 Å². The van der Waals surface area contributed by atoms with Crippen molar-refractivity contribution in [2.24, 2.45) is 0 Å². The van der Waals surface area contributed by atoms with Crippen LogP contribution in [-0.2, 0) is 19.3 Å². The highest BCUT2D eigenvalue weighted by Crippen LogP contribution is 2.33. The summed E-state index contributed by atoms with van der Waals surface area (Å²) in [5.41, 5.74) is 2.89. The minimum atomic E-state index is 0.416. The number of rotatable bonds is 4. The largest absolute Gasteiger partial charge is 0.312 e. The molecule has 0 spiro atoms. The lowest BCUT2D eigenvalue weighted by Crippen LogP contribution is -2.17. The number of nitrogens with zero attached hydrogens (tertiary/aromatic N) is 1. The van der Waals surface area contributed by atoms with Crippen molar-refractivity contribution in [3.8, 4) is 0 Å². The molecule has 0 radical (unpaired) electrons. The molecular formula is C16H20N2S. The Balaban J connectivity index is 1.80. The standard InChI is InChI=1S/C16H20N2S/c1-17-14(9-12-5-4-8-18-11-12)16-10-13-6-2-3-7-15(13)19-16/h4-5,8,10-11,14,17H,2-3,6-7,9H2,1H3. The van der Waals surface area contributed by atoms with Crippen molar-refractivity contribution in [2.45, 2.75) is 38.1 Å². The molecule has 0 fully saturated rings. The highest BCUT2D eigenvalue weighted by Gasteiger charge is 2.18. The van der Waals surface area contributed by atoms with Crippen LogP contribution in [0.1, 0.15) is 39.8 Å². The Morgan fingerprint density at radius 1 is 1.37 bits per heavy atom. The molecule has 2 aromatic heterocycles. The quantitative estimate of drug-likeness (QED) is 0.921. The minimum Gasteiger partial charge on any atom is -0.312 e. The Labute approximate surface area is 118 Å². The zero-order chi connectivity index (χ0) is 13.1. The molecule has 1 aliphatic rings. The Bertz CT molecular complexity index is 509. The Hall–Kier alpha value is -1.19. The second-order valence-electron chi connectivity index (χ2n) is 5.21. The number of nitrogens with one attached hydrogen (secondary N) is 1. The molecule has 1 atom stereocenters. The van der Waals surface area contributed by atoms with Gasteiger partial charge in [0.25, 0.3) is 0 Å². The van der Waals surface area contributed by atoms with E-state index in [1.54, 1.807) is 10.4 Å². The third-order valence-electron chi connectivity index (χ3n) is 3.87. The lowest BCUT2D eigenvalue weighted by atomic mass is 9.98. The van der Waals surface area contributed by atoms with Gasteiger partial charge in [0.1, 0.15) is 0 Å². The number of aryl methyl sites for hydroxylation is 2. The zero-order valence-electron chi connectivity index (χ0n) is 11.4. The van der Waals surface area contributed by atoms with E-state index in [4.69, 9.17) is 0 Å². The molecule has 1 aliphatic carbocycles. The van der Waals surface area contributed by atoms with E-state index < -0.39 is 0 Å². The van der Waals surface area contributed by atoms with Gasteiger partial charge < -0.3 is 5.32 Å². The lowest BCUT2D eigenvalue weighted by Gasteiger charge is -2.14. The van der Waals surface area contributed by atoms with Crippen molar-refractivity contribution in [1.29, 1.82) is 0 Å². The van der Waals surface area contributed by atoms with Crippen molar-refractivity contribution in [3.63, 3.8) is 0 Å². The van der Waals surface area contributed by atoms with E-state index in [1.807, 2.05) is 29.8 Å². The van der Waals surface area contributed by atoms with Gasteiger partial charge in [0, 0.05) is 28.2 Å². The van der Waals surface area contributed by atoms with Gasteiger partial charge in [0.15, 0.2) is 0 Å². The molecule has 3 heteroatoms. The SMILES string of the molecule is CNC(Cc1cccnc1)c1cc2c(s1)CCCC2. The first kappa shape index (κ1) is 12.8. The molecule has 3 rings (SSSR count). The molecule has 2 heterocycles. The van der Waals surface area contributed by atoms with E-state index >= 15 is 0 Å². The van der Waals surface area contributed by atoms with Gasteiger partial charge in [-0.15, -0.1) is 11.3 Å². The summed E-state index contributed by atoms with van der Waals surface area (Å²) in [6.45, 7) is 0. The number of thiophene rings is 1. The highest BCUT2D eigenvalue weighted by molar-refractivity contribution is 7.12. The van der Waals surface area contributed by atoms with Crippen LogP contribution >= 0.6 is 11.3 Å². The van der Waals surface area contributed by atoms with Gasteiger partial charge in [0.05, 0.1) is 0 Å². The van der Waals surface area contributed by atoms with E-state index in [1.165, 1.54) is 36.1 Å². The fourth-order valence-corrected chi connectivity index (χ4v) is 4.15. The van der Waals surface area contributed by atoms with Crippen LogP contribution in [0.5, 0.6) is 0 Å². The number of hydrogen-bond donors (Lipinski definition) is 1. The summed E-state index contributed by atoms with van der Waals surface area (Å²) in [6.07, 6.45) is 10.1. The Morgan fingerprint density at radius 2 is 2.26 bits per heavy atom. The summed E-state index contributed by atoms with van der Waals surface area (Å²) in [6, 6.07) is 7.02. The van der Waals surface area contributed by atoms with Crippen molar-refractivity contribution in [2.75, 3.05) is 7.05 Å². The normalized spacial score (nSPS) is 16.1. The first-order chi connectivity index (χ1) is 9.36. The maximum absolute atomic E-state index is 4.21. The van der Waals surface area contributed by atoms with Crippen molar-refractivity contribution in [1.82, 2.24) is 10.3 Å². The third kappa shape index (κ3) is 2.88. The monoisotopic (exact) mass is 272 g/mol. The average molecular weight is 272 g/mol. The first-order valence-corrected chi connectivity index (χ1v) is 7.86. The van der Waals surface area contributed by atoms with Crippen molar-refractivity contribution >= 4 is 11.3 Å². The molecular weight excluding hydrogens is 252 g/mol. The maximum Gasteiger partial charge on any atom is 0.0454 e. The third-order valence-corrected chi connectivity index (χ3v) is 5.22. The molecule has 1 N–H and O–H groups in total. The van der Waals surface area contributed by atoms with Crippen LogP contribution in [-0.4, -0.2) is 12.0 Å². The minimum absolute atomic E-state index is 0.416. The molecule has 2 aromatic rings. The number of hydrogen-bond acceptors (Lipinski definition) is 3. The van der Waals surface area contributed by atoms with Gasteiger partial charge in [-0.1, -0.05) is 6.07 Å². The average Bonchev–Trinajstić information content (AvgIpc) is 2.89. The fourth-order valence-electron chi connectivity index (χ4n) is 2.78. The van der Waals surface area contributed by atoms with Gasteiger partial charge in [0.2, 0.25) is 0 Å². The molecule has 0 saturated carbocycles. The Morgan fingerprint density at radius 3 is 3.00 bits per heavy atom. The van der Waals surface area contributed by atoms with E-state index in [2.05, 4.69) is 29.5 Å². The highest BCUT2D eigenvalue weighted by atomic mass is 32.1. The van der Waals surface area contributed by atoms with Crippen LogP contribution < -0.4 is 5.32 Å². The fraction of sp³-hybridized carbons (Fsp3) is 0.438. The van der Waals surface area contributed by atoms with E-state index in [0.717, 1.165) is 6.42 Å². The van der Waals surface area contributed by atoms with Gasteiger partial charge >= 0.3 is 0 Å². The second kappa shape index (κ2) is 5.85. The molecule has 0 aliphatic heterocycles. The van der Waals surface area contributed by atoms with Gasteiger partial charge in [-0.05, 0) is 62.4 Å². The van der Waals surface area contributed by atoms with Gasteiger partial charge in [-0.25, -0.2) is 0 Å². The molecule has 0 bridgehead atoms. The maximum atomic E-state index is 4.21. The van der Waals surface area contributed by atoms with Gasteiger partial charge in [-0.2, -0.15) is 0 Å². The molecule has 0 aromatic carbocycles. The summed E-state index contributed by atoms with van der Waals surface area (Å²) in [5, 5.41) is 3.46. The number of aromatic nitrogens is 1. The number of fused-ring (bicyclic) bond motifs is 1. The molecule has 0 saturated heterocycles. The molecule has 2 nitrogen and oxygen atoms in total. The number of likely N-dealkylation sites (N-methyl/N-ethyl adjacent to an activating group) is 1. The van der Waals surface area contributed by atoms with E-state index in [-0.39, 0.29) is 0 Å². The summed E-state index contributed by atoms with van der Waals surface area (Å²) < 4.78 is 0. The predicted molar refractivity (Wildman–Crippen MR) is 80.7 cm³/mol. The Kier molecular flexibility index (Phi) is 3.95. The van der Waals surface area contributed by atoms with E-state index in [9.17, 15) is 0 Å². The first-order valence-electron chi connectivity index (χ1n) is 7.04. The van der Waals surface area contributed by atoms with Crippen molar-refractivity contribution < 1.29 is 0 Å². The van der Waals surface area contributed by atoms with Crippen LogP contribution in [0.2, 0.25) is 0 Å². The van der Waals surface area contributed by atoms with Crippen LogP contribution in [0, 0.1) is 0 Å². The predicted octanol–water partition coefficient (Wildman–Crippen LogP) is 3.53. The summed E-state index contributed by atoms with van der Waals surface area (Å²) in [7, 11) is 2.06. The summed E-state index contributed by atoms with van der Waals surface area (Å²) in [4.78, 5) is 7.31. The van der Waals surface area contributed by atoms with Crippen molar-refractivity contribution in [3.05, 3.63) is 51.5 Å². The van der Waals surface area contributed by atoms with Gasteiger partial charge in [-0.3, -0.25) is 4.98 Å². The second-order valence-corrected chi connectivity index (χ2v) is 6.38. The van der Waals surface area contributed by atoms with Crippen LogP contribution in [0.4, 0.5) is 0 Å². The summed E-state index contributed by atoms with van der Waals surface area (Å²) in [5.74, 6) is 0. The smallest absolute Gasteiger partial charge is 0.0454 e. The summed E-state index contributed by atoms with van der Waals surface area (Å²) >= 11 is 2.00. The molecule has 0 amide bonds. The topological polar surface area (TPSA) is 24.9 Å². The van der Waals surface area contributed by atoms with E-state index in [0.29, 0.717) is 6.04 Å².